The molecule has 0 bridgehead atoms. The average molecular weight is 203 g/mol. The maximum atomic E-state index is 11.1. The van der Waals surface area contributed by atoms with E-state index in [1.165, 1.54) is 0 Å². The Bertz CT molecular complexity index is 187. The topological polar surface area (TPSA) is 75.6 Å². The molecule has 0 fully saturated rings. The Morgan fingerprint density at radius 3 is 2.57 bits per heavy atom. The van der Waals surface area contributed by atoms with Gasteiger partial charge in [-0.3, -0.25) is 9.59 Å². The summed E-state index contributed by atoms with van der Waals surface area (Å²) in [7, 11) is 1.55. The number of nitrogens with one attached hydrogen (secondary N) is 1. The Labute approximate surface area is 83.4 Å². The lowest BCUT2D eigenvalue weighted by Gasteiger charge is -2.16. The number of carboxylic acids is 1. The molecule has 14 heavy (non-hydrogen) atoms. The van der Waals surface area contributed by atoms with Gasteiger partial charge in [-0.1, -0.05) is 13.3 Å². The van der Waals surface area contributed by atoms with Gasteiger partial charge < -0.3 is 15.2 Å². The third kappa shape index (κ3) is 6.42. The third-order valence-electron chi connectivity index (χ3n) is 1.68. The highest BCUT2D eigenvalue weighted by Crippen LogP contribution is 1.97. The third-order valence-corrected chi connectivity index (χ3v) is 1.68. The summed E-state index contributed by atoms with van der Waals surface area (Å²) in [6.07, 6.45) is 1.23. The molecule has 0 saturated carbocycles. The van der Waals surface area contributed by atoms with Crippen LogP contribution < -0.4 is 5.32 Å². The lowest BCUT2D eigenvalue weighted by molar-refractivity contribution is -0.141. The first-order chi connectivity index (χ1) is 6.60. The molecule has 0 saturated heterocycles. The van der Waals surface area contributed by atoms with Gasteiger partial charge in [-0.05, 0) is 6.42 Å². The number of rotatable bonds is 7. The Hall–Kier alpha value is -1.10. The van der Waals surface area contributed by atoms with E-state index in [9.17, 15) is 9.59 Å². The number of methoxy groups -OCH3 is 1. The molecule has 2 N–H and O–H groups in total. The number of carbonyl (C=O) groups excluding carboxylic acids is 1. The minimum atomic E-state index is -1.12. The SMILES string of the molecule is CCCC(COC)NC(=O)CC(=O)O. The Morgan fingerprint density at radius 2 is 2.14 bits per heavy atom. The quantitative estimate of drug-likeness (QED) is 0.587. The van der Waals surface area contributed by atoms with Crippen molar-refractivity contribution in [1.29, 1.82) is 0 Å². The summed E-state index contributed by atoms with van der Waals surface area (Å²) in [6.45, 7) is 2.41. The van der Waals surface area contributed by atoms with Gasteiger partial charge in [0.25, 0.3) is 0 Å². The van der Waals surface area contributed by atoms with Gasteiger partial charge in [0, 0.05) is 7.11 Å². The molecule has 1 amide bonds. The van der Waals surface area contributed by atoms with Crippen LogP contribution in [-0.2, 0) is 14.3 Å². The number of aliphatic carboxylic acids is 1. The van der Waals surface area contributed by atoms with Crippen LogP contribution in [-0.4, -0.2) is 36.7 Å². The van der Waals surface area contributed by atoms with Crippen LogP contribution in [0.1, 0.15) is 26.2 Å². The summed E-state index contributed by atoms with van der Waals surface area (Å²) in [4.78, 5) is 21.3. The lowest BCUT2D eigenvalue weighted by Crippen LogP contribution is -2.38. The van der Waals surface area contributed by atoms with E-state index in [4.69, 9.17) is 9.84 Å². The van der Waals surface area contributed by atoms with Crippen LogP contribution in [0.2, 0.25) is 0 Å². The first-order valence-electron chi connectivity index (χ1n) is 4.60. The van der Waals surface area contributed by atoms with Gasteiger partial charge in [-0.2, -0.15) is 0 Å². The summed E-state index contributed by atoms with van der Waals surface area (Å²) in [5, 5.41) is 11.0. The molecule has 5 nitrogen and oxygen atoms in total. The highest BCUT2D eigenvalue weighted by atomic mass is 16.5. The van der Waals surface area contributed by atoms with Gasteiger partial charge in [0.15, 0.2) is 0 Å². The van der Waals surface area contributed by atoms with Crippen LogP contribution in [0.4, 0.5) is 0 Å². The van der Waals surface area contributed by atoms with Gasteiger partial charge in [-0.25, -0.2) is 0 Å². The molecule has 1 unspecified atom stereocenters. The molecule has 1 atom stereocenters. The molecule has 5 heteroatoms. The summed E-state index contributed by atoms with van der Waals surface area (Å²) in [5.41, 5.74) is 0. The van der Waals surface area contributed by atoms with Crippen LogP contribution in [0.25, 0.3) is 0 Å². The first kappa shape index (κ1) is 12.9. The van der Waals surface area contributed by atoms with Gasteiger partial charge in [0.05, 0.1) is 12.6 Å². The van der Waals surface area contributed by atoms with Crippen molar-refractivity contribution < 1.29 is 19.4 Å². The Balaban J connectivity index is 3.88. The standard InChI is InChI=1S/C9H17NO4/c1-3-4-7(6-14-2)10-8(11)5-9(12)13/h7H,3-6H2,1-2H3,(H,10,11)(H,12,13). The second-order valence-electron chi connectivity index (χ2n) is 3.08. The number of hydrogen-bond donors (Lipinski definition) is 2. The summed E-state index contributed by atoms with van der Waals surface area (Å²) < 4.78 is 4.90. The molecular formula is C9H17NO4. The van der Waals surface area contributed by atoms with Crippen LogP contribution in [0.3, 0.4) is 0 Å². The molecule has 0 aromatic heterocycles. The summed E-state index contributed by atoms with van der Waals surface area (Å²) in [6, 6.07) is -0.0863. The molecule has 0 aromatic carbocycles. The van der Waals surface area contributed by atoms with E-state index in [2.05, 4.69) is 5.32 Å². The predicted molar refractivity (Wildman–Crippen MR) is 51.0 cm³/mol. The van der Waals surface area contributed by atoms with Gasteiger partial charge in [0.2, 0.25) is 5.91 Å². The second kappa shape index (κ2) is 7.32. The minimum absolute atomic E-state index is 0.0863. The fourth-order valence-corrected chi connectivity index (χ4v) is 1.16. The summed E-state index contributed by atoms with van der Waals surface area (Å²) in [5.74, 6) is -1.58. The maximum absolute atomic E-state index is 11.1. The van der Waals surface area contributed by atoms with Crippen molar-refractivity contribution in [3.63, 3.8) is 0 Å². The van der Waals surface area contributed by atoms with Crippen molar-refractivity contribution in [2.75, 3.05) is 13.7 Å². The van der Waals surface area contributed by atoms with Gasteiger partial charge in [-0.15, -0.1) is 0 Å². The first-order valence-corrected chi connectivity index (χ1v) is 4.60. The zero-order valence-corrected chi connectivity index (χ0v) is 8.58. The van der Waals surface area contributed by atoms with E-state index in [1.54, 1.807) is 7.11 Å². The van der Waals surface area contributed by atoms with E-state index >= 15 is 0 Å². The molecule has 0 rings (SSSR count). The lowest BCUT2D eigenvalue weighted by atomic mass is 10.2. The number of ether oxygens (including phenoxy) is 1. The zero-order valence-electron chi connectivity index (χ0n) is 8.58. The maximum Gasteiger partial charge on any atom is 0.312 e. The van der Waals surface area contributed by atoms with Crippen LogP contribution in [0.5, 0.6) is 0 Å². The van der Waals surface area contributed by atoms with E-state index in [1.807, 2.05) is 6.92 Å². The molecule has 82 valence electrons. The number of carboxylic acid groups (broad SMARTS) is 1. The minimum Gasteiger partial charge on any atom is -0.481 e. The van der Waals surface area contributed by atoms with E-state index in [0.717, 1.165) is 12.8 Å². The molecule has 0 heterocycles. The van der Waals surface area contributed by atoms with E-state index in [-0.39, 0.29) is 6.04 Å². The van der Waals surface area contributed by atoms with Crippen molar-refractivity contribution in [3.8, 4) is 0 Å². The van der Waals surface area contributed by atoms with Gasteiger partial charge >= 0.3 is 5.97 Å². The highest BCUT2D eigenvalue weighted by Gasteiger charge is 2.13. The van der Waals surface area contributed by atoms with E-state index < -0.39 is 18.3 Å². The molecule has 0 aliphatic rings. The largest absolute Gasteiger partial charge is 0.481 e. The van der Waals surface area contributed by atoms with Crippen molar-refractivity contribution in [3.05, 3.63) is 0 Å². The smallest absolute Gasteiger partial charge is 0.312 e. The number of hydrogen-bond acceptors (Lipinski definition) is 3. The molecule has 0 radical (unpaired) electrons. The normalized spacial score (nSPS) is 12.1. The highest BCUT2D eigenvalue weighted by molar-refractivity contribution is 5.93. The molecule has 0 aliphatic heterocycles. The molecule has 0 aromatic rings. The fraction of sp³-hybridized carbons (Fsp3) is 0.778. The fourth-order valence-electron chi connectivity index (χ4n) is 1.16. The van der Waals surface area contributed by atoms with Crippen molar-refractivity contribution >= 4 is 11.9 Å². The van der Waals surface area contributed by atoms with Crippen LogP contribution in [0.15, 0.2) is 0 Å². The summed E-state index contributed by atoms with van der Waals surface area (Å²) >= 11 is 0. The second-order valence-corrected chi connectivity index (χ2v) is 3.08. The Morgan fingerprint density at radius 1 is 1.50 bits per heavy atom. The van der Waals surface area contributed by atoms with Crippen molar-refractivity contribution in [2.24, 2.45) is 0 Å². The number of amides is 1. The predicted octanol–water partition coefficient (Wildman–Crippen LogP) is 0.392. The zero-order chi connectivity index (χ0) is 11.0. The number of carbonyl (C=O) groups is 2. The average Bonchev–Trinajstić information content (AvgIpc) is 2.03. The Kier molecular flexibility index (Phi) is 6.74. The monoisotopic (exact) mass is 203 g/mol. The van der Waals surface area contributed by atoms with Crippen molar-refractivity contribution in [2.45, 2.75) is 32.2 Å². The van der Waals surface area contributed by atoms with Crippen LogP contribution in [0, 0.1) is 0 Å². The molecular weight excluding hydrogens is 186 g/mol. The molecule has 0 aliphatic carbocycles. The van der Waals surface area contributed by atoms with Crippen LogP contribution >= 0.6 is 0 Å². The van der Waals surface area contributed by atoms with E-state index in [0.29, 0.717) is 6.61 Å². The van der Waals surface area contributed by atoms with Gasteiger partial charge in [0.1, 0.15) is 6.42 Å². The molecule has 0 spiro atoms. The van der Waals surface area contributed by atoms with Crippen molar-refractivity contribution in [1.82, 2.24) is 5.32 Å².